The maximum absolute atomic E-state index is 6.08. The van der Waals surface area contributed by atoms with Gasteiger partial charge in [-0.05, 0) is 63.2 Å². The summed E-state index contributed by atoms with van der Waals surface area (Å²) >= 11 is 0. The molecule has 0 amide bonds. The highest BCUT2D eigenvalue weighted by molar-refractivity contribution is 5.79. The molecule has 2 fully saturated rings. The van der Waals surface area contributed by atoms with E-state index >= 15 is 0 Å². The number of aliphatic imine (C=N–C) groups is 1. The van der Waals surface area contributed by atoms with Crippen LogP contribution < -0.4 is 15.4 Å². The molecule has 3 rings (SSSR count). The molecule has 1 aromatic carbocycles. The zero-order valence-electron chi connectivity index (χ0n) is 19.3. The van der Waals surface area contributed by atoms with Crippen LogP contribution in [0.1, 0.15) is 43.7 Å². The lowest BCUT2D eigenvalue weighted by atomic mass is 10.1. The van der Waals surface area contributed by atoms with Crippen LogP contribution in [0.2, 0.25) is 0 Å². The van der Waals surface area contributed by atoms with Crippen LogP contribution in [0.25, 0.3) is 0 Å². The average Bonchev–Trinajstić information content (AvgIpc) is 3.60. The predicted molar refractivity (Wildman–Crippen MR) is 125 cm³/mol. The Hall–Kier alpha value is -1.79. The van der Waals surface area contributed by atoms with Crippen molar-refractivity contribution in [1.82, 2.24) is 20.4 Å². The van der Waals surface area contributed by atoms with E-state index in [0.29, 0.717) is 0 Å². The van der Waals surface area contributed by atoms with Crippen molar-refractivity contribution < 1.29 is 4.74 Å². The van der Waals surface area contributed by atoms with E-state index in [-0.39, 0.29) is 0 Å². The van der Waals surface area contributed by atoms with Crippen LogP contribution in [-0.2, 0) is 6.54 Å². The molecule has 1 saturated carbocycles. The Morgan fingerprint density at radius 3 is 2.57 bits per heavy atom. The Morgan fingerprint density at radius 2 is 1.87 bits per heavy atom. The first kappa shape index (κ1) is 22.9. The highest BCUT2D eigenvalue weighted by Crippen LogP contribution is 2.30. The van der Waals surface area contributed by atoms with Crippen molar-refractivity contribution in [2.45, 2.75) is 46.1 Å². The number of ether oxygens (including phenoxy) is 1. The van der Waals surface area contributed by atoms with Gasteiger partial charge in [-0.2, -0.15) is 0 Å². The summed E-state index contributed by atoms with van der Waals surface area (Å²) in [7, 11) is 1.84. The number of piperazine rings is 1. The molecule has 2 aliphatic rings. The van der Waals surface area contributed by atoms with Gasteiger partial charge < -0.3 is 25.2 Å². The minimum Gasteiger partial charge on any atom is -0.493 e. The molecule has 1 saturated heterocycles. The maximum Gasteiger partial charge on any atom is 0.191 e. The Morgan fingerprint density at radius 1 is 1.10 bits per heavy atom. The second kappa shape index (κ2) is 12.2. The minimum absolute atomic E-state index is 0.724. The van der Waals surface area contributed by atoms with E-state index in [2.05, 4.69) is 57.5 Å². The maximum atomic E-state index is 6.08. The minimum atomic E-state index is 0.724. The lowest BCUT2D eigenvalue weighted by molar-refractivity contribution is 0.136. The summed E-state index contributed by atoms with van der Waals surface area (Å²) in [6.07, 6.45) is 5.01. The summed E-state index contributed by atoms with van der Waals surface area (Å²) in [5.41, 5.74) is 2.43. The van der Waals surface area contributed by atoms with Crippen molar-refractivity contribution in [3.8, 4) is 5.75 Å². The zero-order chi connectivity index (χ0) is 21.2. The normalized spacial score (nSPS) is 18.4. The number of guanidine groups is 1. The van der Waals surface area contributed by atoms with Gasteiger partial charge in [0.2, 0.25) is 0 Å². The largest absolute Gasteiger partial charge is 0.493 e. The second-order valence-electron chi connectivity index (χ2n) is 8.70. The van der Waals surface area contributed by atoms with Gasteiger partial charge in [0.05, 0.1) is 6.61 Å². The van der Waals surface area contributed by atoms with E-state index in [4.69, 9.17) is 4.74 Å². The topological polar surface area (TPSA) is 52.1 Å². The quantitative estimate of drug-likeness (QED) is 0.331. The van der Waals surface area contributed by atoms with Crippen molar-refractivity contribution in [1.29, 1.82) is 0 Å². The third-order valence-electron chi connectivity index (χ3n) is 6.17. The van der Waals surface area contributed by atoms with Gasteiger partial charge >= 0.3 is 0 Å². The molecule has 0 bridgehead atoms. The molecule has 1 aliphatic carbocycles. The highest BCUT2D eigenvalue weighted by atomic mass is 16.5. The van der Waals surface area contributed by atoms with E-state index < -0.39 is 0 Å². The monoisotopic (exact) mass is 415 g/mol. The number of hydrogen-bond donors (Lipinski definition) is 2. The number of rotatable bonds is 11. The van der Waals surface area contributed by atoms with Gasteiger partial charge in [0.1, 0.15) is 5.75 Å². The molecule has 6 heteroatoms. The Labute approximate surface area is 183 Å². The molecule has 2 N–H and O–H groups in total. The number of benzene rings is 1. The molecule has 0 spiro atoms. The fourth-order valence-corrected chi connectivity index (χ4v) is 3.83. The van der Waals surface area contributed by atoms with Crippen LogP contribution in [-0.4, -0.2) is 75.2 Å². The third-order valence-corrected chi connectivity index (χ3v) is 6.17. The number of nitrogens with one attached hydrogen (secondary N) is 2. The lowest BCUT2D eigenvalue weighted by Crippen LogP contribution is -2.46. The summed E-state index contributed by atoms with van der Waals surface area (Å²) in [4.78, 5) is 9.51. The van der Waals surface area contributed by atoms with Gasteiger partial charge in [-0.1, -0.05) is 19.1 Å². The van der Waals surface area contributed by atoms with Gasteiger partial charge in [0.15, 0.2) is 5.96 Å². The molecule has 0 aromatic heterocycles. The van der Waals surface area contributed by atoms with E-state index in [0.717, 1.165) is 43.7 Å². The summed E-state index contributed by atoms with van der Waals surface area (Å²) in [6.45, 7) is 14.1. The summed E-state index contributed by atoms with van der Waals surface area (Å²) < 4.78 is 6.08. The highest BCUT2D eigenvalue weighted by Gasteiger charge is 2.22. The van der Waals surface area contributed by atoms with Gasteiger partial charge in [0, 0.05) is 51.9 Å². The lowest BCUT2D eigenvalue weighted by Gasteiger charge is -2.34. The van der Waals surface area contributed by atoms with Crippen LogP contribution in [0.15, 0.2) is 23.2 Å². The fourth-order valence-electron chi connectivity index (χ4n) is 3.83. The van der Waals surface area contributed by atoms with Crippen LogP contribution in [0, 0.1) is 12.8 Å². The molecular formula is C24H41N5O. The second-order valence-corrected chi connectivity index (χ2v) is 8.70. The van der Waals surface area contributed by atoms with Crippen molar-refractivity contribution in [3.05, 3.63) is 29.3 Å². The summed E-state index contributed by atoms with van der Waals surface area (Å²) in [5.74, 6) is 2.63. The van der Waals surface area contributed by atoms with Crippen LogP contribution in [0.4, 0.5) is 0 Å². The SMILES string of the molecule is CCN1CCN(CCCCNC(=NC)NCc2ccc(C)cc2OCC2CC2)CC1. The number of hydrogen-bond acceptors (Lipinski definition) is 4. The third kappa shape index (κ3) is 7.80. The fraction of sp³-hybridized carbons (Fsp3) is 0.708. The number of likely N-dealkylation sites (N-methyl/N-ethyl adjacent to an activating group) is 1. The average molecular weight is 416 g/mol. The summed E-state index contributed by atoms with van der Waals surface area (Å²) in [6, 6.07) is 6.46. The van der Waals surface area contributed by atoms with Crippen molar-refractivity contribution >= 4 is 5.96 Å². The first-order valence-electron chi connectivity index (χ1n) is 11.8. The molecular weight excluding hydrogens is 374 g/mol. The van der Waals surface area contributed by atoms with Gasteiger partial charge in [-0.3, -0.25) is 4.99 Å². The van der Waals surface area contributed by atoms with Gasteiger partial charge in [-0.25, -0.2) is 0 Å². The molecule has 0 radical (unpaired) electrons. The standard InChI is InChI=1S/C24H41N5O/c1-4-28-13-15-29(16-14-28)12-6-5-11-26-24(25-3)27-18-22-10-7-20(2)17-23(22)30-19-21-8-9-21/h7,10,17,21H,4-6,8-9,11-16,18-19H2,1-3H3,(H2,25,26,27). The molecule has 1 aliphatic heterocycles. The van der Waals surface area contributed by atoms with Crippen LogP contribution in [0.3, 0.4) is 0 Å². The molecule has 1 aromatic rings. The first-order valence-corrected chi connectivity index (χ1v) is 11.8. The Bertz CT molecular complexity index is 666. The van der Waals surface area contributed by atoms with Crippen LogP contribution in [0.5, 0.6) is 5.75 Å². The Kier molecular flexibility index (Phi) is 9.27. The molecule has 1 heterocycles. The molecule has 0 unspecified atom stereocenters. The molecule has 0 atom stereocenters. The van der Waals surface area contributed by atoms with Crippen LogP contribution >= 0.6 is 0 Å². The number of unbranched alkanes of at least 4 members (excludes halogenated alkanes) is 1. The van der Waals surface area contributed by atoms with E-state index in [9.17, 15) is 0 Å². The predicted octanol–water partition coefficient (Wildman–Crippen LogP) is 2.87. The van der Waals surface area contributed by atoms with Gasteiger partial charge in [-0.15, -0.1) is 0 Å². The molecule has 30 heavy (non-hydrogen) atoms. The van der Waals surface area contributed by atoms with E-state index in [1.807, 2.05) is 7.05 Å². The summed E-state index contributed by atoms with van der Waals surface area (Å²) in [5, 5.41) is 6.90. The molecule has 6 nitrogen and oxygen atoms in total. The zero-order valence-corrected chi connectivity index (χ0v) is 19.3. The van der Waals surface area contributed by atoms with Crippen molar-refractivity contribution in [3.63, 3.8) is 0 Å². The van der Waals surface area contributed by atoms with Crippen molar-refractivity contribution in [2.24, 2.45) is 10.9 Å². The first-order chi connectivity index (χ1) is 14.7. The van der Waals surface area contributed by atoms with E-state index in [1.165, 1.54) is 69.7 Å². The van der Waals surface area contributed by atoms with Gasteiger partial charge in [0.25, 0.3) is 0 Å². The Balaban J connectivity index is 1.33. The van der Waals surface area contributed by atoms with Crippen molar-refractivity contribution in [2.75, 3.05) is 59.5 Å². The number of aryl methyl sites for hydroxylation is 1. The smallest absolute Gasteiger partial charge is 0.191 e. The van der Waals surface area contributed by atoms with E-state index in [1.54, 1.807) is 0 Å². The number of nitrogens with zero attached hydrogens (tertiary/aromatic N) is 3. The molecule has 168 valence electrons.